The number of nitrogens with zero attached hydrogens (tertiary/aromatic N) is 6. The Hall–Kier alpha value is -4.98. The number of benzene rings is 2. The van der Waals surface area contributed by atoms with Crippen LogP contribution in [0.3, 0.4) is 0 Å². The fraction of sp³-hybridized carbons (Fsp3) is 0.103. The van der Waals surface area contributed by atoms with Gasteiger partial charge in [0, 0.05) is 11.9 Å². The lowest BCUT2D eigenvalue weighted by molar-refractivity contribution is 0.487. The normalized spacial score (nSPS) is 15.8. The first-order valence-electron chi connectivity index (χ1n) is 12.1. The number of nitrogens with one attached hydrogen (secondary N) is 1. The van der Waals surface area contributed by atoms with E-state index in [0.29, 0.717) is 23.3 Å². The van der Waals surface area contributed by atoms with Crippen LogP contribution in [0, 0.1) is 13.8 Å². The minimum atomic E-state index is -0.291. The van der Waals surface area contributed by atoms with Crippen molar-refractivity contribution in [2.75, 3.05) is 10.2 Å². The molecule has 0 spiro atoms. The first-order valence-corrected chi connectivity index (χ1v) is 12.1. The summed E-state index contributed by atoms with van der Waals surface area (Å²) in [4.78, 5) is 16.9. The Labute approximate surface area is 213 Å². The molecule has 0 bridgehead atoms. The van der Waals surface area contributed by atoms with E-state index in [-0.39, 0.29) is 6.04 Å². The van der Waals surface area contributed by atoms with E-state index in [1.807, 2.05) is 67.6 Å². The molecule has 2 aromatic carbocycles. The number of hydrogen-bond donors (Lipinski definition) is 1. The van der Waals surface area contributed by atoms with Gasteiger partial charge in [0.1, 0.15) is 11.8 Å². The Morgan fingerprint density at radius 1 is 0.892 bits per heavy atom. The number of aryl methyl sites for hydroxylation is 2. The monoisotopic (exact) mass is 485 g/mol. The van der Waals surface area contributed by atoms with Crippen LogP contribution in [0.1, 0.15) is 28.6 Å². The summed E-state index contributed by atoms with van der Waals surface area (Å²) in [5, 5.41) is 8.40. The molecule has 1 N–H and O–H groups in total. The van der Waals surface area contributed by atoms with Crippen LogP contribution in [-0.2, 0) is 0 Å². The first-order chi connectivity index (χ1) is 18.2. The standard InChI is InChI=1S/C29H23N7O/c1-18-9-7-10-20(17-18)31-27-29-33-28-25(19(2)34-36(28)24-14-5-6-15-30-24)26(23-13-8-16-37-23)35(29)22-12-4-3-11-21(22)32-27/h3-17,26H,1-2H3,(H,31,32)/t26-/m1/s1. The number of anilines is 2. The van der Waals surface area contributed by atoms with E-state index < -0.39 is 0 Å². The fourth-order valence-electron chi connectivity index (χ4n) is 5.01. The minimum absolute atomic E-state index is 0.291. The summed E-state index contributed by atoms with van der Waals surface area (Å²) in [6.07, 6.45) is 3.46. The Morgan fingerprint density at radius 3 is 2.59 bits per heavy atom. The van der Waals surface area contributed by atoms with Gasteiger partial charge in [-0.2, -0.15) is 9.78 Å². The molecular weight excluding hydrogens is 462 g/mol. The highest BCUT2D eigenvalue weighted by atomic mass is 16.3. The third-order valence-electron chi connectivity index (χ3n) is 6.60. The average Bonchev–Trinajstić information content (AvgIpc) is 3.57. The van der Waals surface area contributed by atoms with Crippen molar-refractivity contribution in [2.45, 2.75) is 19.9 Å². The summed E-state index contributed by atoms with van der Waals surface area (Å²) in [5.41, 5.74) is 5.73. The van der Waals surface area contributed by atoms with Crippen LogP contribution in [0.15, 0.2) is 106 Å². The van der Waals surface area contributed by atoms with Gasteiger partial charge in [-0.25, -0.2) is 15.0 Å². The molecule has 180 valence electrons. The largest absolute Gasteiger partial charge is 0.467 e. The van der Waals surface area contributed by atoms with E-state index in [9.17, 15) is 0 Å². The van der Waals surface area contributed by atoms with E-state index in [0.717, 1.165) is 39.6 Å². The van der Waals surface area contributed by atoms with Gasteiger partial charge in [0.15, 0.2) is 23.3 Å². The van der Waals surface area contributed by atoms with E-state index in [1.165, 1.54) is 0 Å². The lowest BCUT2D eigenvalue weighted by atomic mass is 9.98. The van der Waals surface area contributed by atoms with E-state index in [2.05, 4.69) is 40.3 Å². The summed E-state index contributed by atoms with van der Waals surface area (Å²) in [5.74, 6) is 3.54. The van der Waals surface area contributed by atoms with E-state index in [4.69, 9.17) is 19.5 Å². The number of rotatable bonds is 3. The van der Waals surface area contributed by atoms with Crippen LogP contribution >= 0.6 is 0 Å². The molecule has 0 saturated heterocycles. The zero-order valence-electron chi connectivity index (χ0n) is 20.3. The summed E-state index contributed by atoms with van der Waals surface area (Å²) < 4.78 is 7.82. The van der Waals surface area contributed by atoms with Crippen LogP contribution in [0.5, 0.6) is 0 Å². The first kappa shape index (κ1) is 21.3. The van der Waals surface area contributed by atoms with Crippen molar-refractivity contribution in [1.82, 2.24) is 14.8 Å². The van der Waals surface area contributed by atoms with Crippen molar-refractivity contribution in [3.63, 3.8) is 0 Å². The number of furan rings is 1. The molecule has 0 aliphatic carbocycles. The number of aliphatic imine (C=N–C) groups is 2. The predicted octanol–water partition coefficient (Wildman–Crippen LogP) is 6.27. The highest BCUT2D eigenvalue weighted by Gasteiger charge is 2.42. The van der Waals surface area contributed by atoms with Gasteiger partial charge in [0.25, 0.3) is 0 Å². The Kier molecular flexibility index (Phi) is 4.78. The van der Waals surface area contributed by atoms with Crippen LogP contribution < -0.4 is 10.2 Å². The van der Waals surface area contributed by atoms with Gasteiger partial charge in [0.05, 0.1) is 28.9 Å². The van der Waals surface area contributed by atoms with E-state index in [1.54, 1.807) is 17.1 Å². The van der Waals surface area contributed by atoms with Crippen molar-refractivity contribution in [1.29, 1.82) is 0 Å². The van der Waals surface area contributed by atoms with Gasteiger partial charge >= 0.3 is 0 Å². The molecule has 0 fully saturated rings. The molecule has 5 aromatic rings. The molecule has 3 aromatic heterocycles. The summed E-state index contributed by atoms with van der Waals surface area (Å²) in [6, 6.07) is 25.7. The Balaban J connectivity index is 1.49. The van der Waals surface area contributed by atoms with Crippen molar-refractivity contribution in [2.24, 2.45) is 9.98 Å². The SMILES string of the molecule is Cc1cccc(NC2=Nc3ccccc3N3C2=Nc2c(c(C)nn2-c2ccccn2)[C@H]3c2ccco2)c1. The number of fused-ring (bicyclic) bond motifs is 4. The smallest absolute Gasteiger partial charge is 0.179 e. The molecular formula is C29H23N7O. The molecule has 8 heteroatoms. The van der Waals surface area contributed by atoms with Gasteiger partial charge in [-0.05, 0) is 67.9 Å². The predicted molar refractivity (Wildman–Crippen MR) is 145 cm³/mol. The number of para-hydroxylation sites is 2. The highest BCUT2D eigenvalue weighted by Crippen LogP contribution is 2.48. The maximum Gasteiger partial charge on any atom is 0.179 e. The molecule has 0 unspecified atom stereocenters. The maximum atomic E-state index is 6.02. The molecule has 37 heavy (non-hydrogen) atoms. The van der Waals surface area contributed by atoms with Gasteiger partial charge in [-0.15, -0.1) is 0 Å². The van der Waals surface area contributed by atoms with Gasteiger partial charge in [-0.3, -0.25) is 0 Å². The summed E-state index contributed by atoms with van der Waals surface area (Å²) in [6.45, 7) is 4.07. The van der Waals surface area contributed by atoms with Gasteiger partial charge in [-0.1, -0.05) is 30.3 Å². The topological polar surface area (TPSA) is 83.8 Å². The fourth-order valence-corrected chi connectivity index (χ4v) is 5.01. The molecule has 5 heterocycles. The molecule has 0 amide bonds. The second kappa shape index (κ2) is 8.30. The number of aromatic nitrogens is 3. The molecule has 0 saturated carbocycles. The Bertz CT molecular complexity index is 1680. The van der Waals surface area contributed by atoms with Crippen molar-refractivity contribution in [3.8, 4) is 5.82 Å². The van der Waals surface area contributed by atoms with Crippen molar-refractivity contribution < 1.29 is 4.42 Å². The second-order valence-electron chi connectivity index (χ2n) is 9.09. The third-order valence-corrected chi connectivity index (χ3v) is 6.60. The van der Waals surface area contributed by atoms with Crippen LogP contribution in [0.4, 0.5) is 22.9 Å². The lowest BCUT2D eigenvalue weighted by Gasteiger charge is -2.39. The molecule has 2 aliphatic heterocycles. The zero-order valence-corrected chi connectivity index (χ0v) is 20.3. The Morgan fingerprint density at radius 2 is 1.78 bits per heavy atom. The lowest BCUT2D eigenvalue weighted by Crippen LogP contribution is -2.46. The number of amidine groups is 2. The highest BCUT2D eigenvalue weighted by molar-refractivity contribution is 6.51. The van der Waals surface area contributed by atoms with Gasteiger partial charge < -0.3 is 14.6 Å². The maximum absolute atomic E-state index is 6.02. The molecule has 0 radical (unpaired) electrons. The van der Waals surface area contributed by atoms with Crippen LogP contribution in [-0.4, -0.2) is 26.4 Å². The molecule has 7 rings (SSSR count). The quantitative estimate of drug-likeness (QED) is 0.325. The number of pyridine rings is 1. The van der Waals surface area contributed by atoms with Crippen molar-refractivity contribution in [3.05, 3.63) is 114 Å². The molecule has 2 aliphatic rings. The summed E-state index contributed by atoms with van der Waals surface area (Å²) in [7, 11) is 0. The molecule has 8 nitrogen and oxygen atoms in total. The van der Waals surface area contributed by atoms with Crippen LogP contribution in [0.25, 0.3) is 5.82 Å². The van der Waals surface area contributed by atoms with E-state index >= 15 is 0 Å². The average molecular weight is 486 g/mol. The van der Waals surface area contributed by atoms with Crippen molar-refractivity contribution >= 4 is 34.6 Å². The van der Waals surface area contributed by atoms with Crippen LogP contribution in [0.2, 0.25) is 0 Å². The minimum Gasteiger partial charge on any atom is -0.467 e. The molecule has 1 atom stereocenters. The zero-order chi connectivity index (χ0) is 24.9. The van der Waals surface area contributed by atoms with Gasteiger partial charge in [0.2, 0.25) is 0 Å². The second-order valence-corrected chi connectivity index (χ2v) is 9.09. The third kappa shape index (κ3) is 3.45. The number of hydrogen-bond acceptors (Lipinski definition) is 7. The summed E-state index contributed by atoms with van der Waals surface area (Å²) >= 11 is 0.